The molecule has 2 atom stereocenters. The van der Waals surface area contributed by atoms with E-state index in [-0.39, 0.29) is 23.4 Å². The summed E-state index contributed by atoms with van der Waals surface area (Å²) in [5.74, 6) is 0.388. The van der Waals surface area contributed by atoms with Crippen LogP contribution in [0, 0.1) is 6.92 Å². The molecule has 0 radical (unpaired) electrons. The molecular formula is C18H21NO4. The SMILES string of the molecule is CC(=O)c1cc(C)cc2c(=O)cc(N3C[C@@H](C)O[C@@H](C)C3)oc12. The van der Waals surface area contributed by atoms with Gasteiger partial charge in [0.15, 0.2) is 22.7 Å². The van der Waals surface area contributed by atoms with Gasteiger partial charge in [-0.2, -0.15) is 0 Å². The lowest BCUT2D eigenvalue weighted by Gasteiger charge is -2.35. The maximum Gasteiger partial charge on any atom is 0.200 e. The predicted molar refractivity (Wildman–Crippen MR) is 89.4 cm³/mol. The van der Waals surface area contributed by atoms with Crippen molar-refractivity contribution in [1.29, 1.82) is 0 Å². The number of benzene rings is 1. The highest BCUT2D eigenvalue weighted by molar-refractivity contribution is 6.05. The average molecular weight is 315 g/mol. The van der Waals surface area contributed by atoms with Crippen molar-refractivity contribution >= 4 is 22.6 Å². The first-order chi connectivity index (χ1) is 10.8. The first-order valence-electron chi connectivity index (χ1n) is 7.85. The zero-order chi connectivity index (χ0) is 16.7. The molecule has 1 aromatic carbocycles. The molecule has 1 aliphatic heterocycles. The van der Waals surface area contributed by atoms with Gasteiger partial charge in [-0.1, -0.05) is 0 Å². The van der Waals surface area contributed by atoms with E-state index in [9.17, 15) is 9.59 Å². The Balaban J connectivity index is 2.17. The molecule has 0 spiro atoms. The molecule has 5 heteroatoms. The van der Waals surface area contributed by atoms with E-state index in [1.165, 1.54) is 13.0 Å². The van der Waals surface area contributed by atoms with Crippen LogP contribution in [0.15, 0.2) is 27.4 Å². The normalized spacial score (nSPS) is 21.7. The number of ether oxygens (including phenoxy) is 1. The fraction of sp³-hybridized carbons (Fsp3) is 0.444. The van der Waals surface area contributed by atoms with Crippen LogP contribution in [0.5, 0.6) is 0 Å². The zero-order valence-electron chi connectivity index (χ0n) is 13.9. The molecule has 5 nitrogen and oxygen atoms in total. The Morgan fingerprint density at radius 3 is 2.43 bits per heavy atom. The van der Waals surface area contributed by atoms with Gasteiger partial charge in [-0.25, -0.2) is 0 Å². The molecule has 0 saturated carbocycles. The van der Waals surface area contributed by atoms with E-state index >= 15 is 0 Å². The number of carbonyl (C=O) groups excluding carboxylic acids is 1. The van der Waals surface area contributed by atoms with Gasteiger partial charge in [0.1, 0.15) is 0 Å². The van der Waals surface area contributed by atoms with Gasteiger partial charge < -0.3 is 14.1 Å². The zero-order valence-corrected chi connectivity index (χ0v) is 13.9. The number of nitrogens with zero attached hydrogens (tertiary/aromatic N) is 1. The number of hydrogen-bond acceptors (Lipinski definition) is 5. The molecule has 1 aliphatic rings. The number of ketones is 1. The number of fused-ring (bicyclic) bond motifs is 1. The summed E-state index contributed by atoms with van der Waals surface area (Å²) < 4.78 is 11.7. The molecule has 0 bridgehead atoms. The van der Waals surface area contributed by atoms with Crippen LogP contribution in [0.1, 0.15) is 36.7 Å². The van der Waals surface area contributed by atoms with E-state index in [1.54, 1.807) is 12.1 Å². The van der Waals surface area contributed by atoms with E-state index in [0.717, 1.165) is 5.56 Å². The summed E-state index contributed by atoms with van der Waals surface area (Å²) in [6.07, 6.45) is 0.120. The fourth-order valence-electron chi connectivity index (χ4n) is 3.17. The number of hydrogen-bond donors (Lipinski definition) is 0. The maximum atomic E-state index is 12.5. The van der Waals surface area contributed by atoms with Crippen molar-refractivity contribution < 1.29 is 13.9 Å². The third-order valence-corrected chi connectivity index (χ3v) is 4.07. The summed E-state index contributed by atoms with van der Waals surface area (Å²) in [5, 5.41) is 0.452. The van der Waals surface area contributed by atoms with Crippen LogP contribution in [0.2, 0.25) is 0 Å². The molecule has 2 heterocycles. The van der Waals surface area contributed by atoms with Crippen molar-refractivity contribution in [3.8, 4) is 0 Å². The molecule has 0 unspecified atom stereocenters. The minimum Gasteiger partial charge on any atom is -0.440 e. The quantitative estimate of drug-likeness (QED) is 0.798. The number of carbonyl (C=O) groups is 1. The molecule has 122 valence electrons. The van der Waals surface area contributed by atoms with Crippen molar-refractivity contribution in [3.05, 3.63) is 39.5 Å². The van der Waals surface area contributed by atoms with Crippen molar-refractivity contribution in [2.24, 2.45) is 0 Å². The predicted octanol–water partition coefficient (Wildman–Crippen LogP) is 2.92. The minimum absolute atomic E-state index is 0.0602. The summed E-state index contributed by atoms with van der Waals surface area (Å²) in [6.45, 7) is 8.64. The van der Waals surface area contributed by atoms with Crippen LogP contribution in [0.25, 0.3) is 11.0 Å². The van der Waals surface area contributed by atoms with Gasteiger partial charge in [0.05, 0.1) is 23.2 Å². The third kappa shape index (κ3) is 3.01. The van der Waals surface area contributed by atoms with Gasteiger partial charge in [0.2, 0.25) is 0 Å². The van der Waals surface area contributed by atoms with Crippen LogP contribution in [-0.4, -0.2) is 31.1 Å². The number of anilines is 1. The Bertz CT molecular complexity index is 814. The monoisotopic (exact) mass is 315 g/mol. The topological polar surface area (TPSA) is 59.8 Å². The number of morpholine rings is 1. The van der Waals surface area contributed by atoms with Crippen molar-refractivity contribution in [2.45, 2.75) is 39.9 Å². The lowest BCUT2D eigenvalue weighted by molar-refractivity contribution is -0.00639. The minimum atomic E-state index is -0.126. The van der Waals surface area contributed by atoms with E-state index < -0.39 is 0 Å². The van der Waals surface area contributed by atoms with Crippen LogP contribution in [0.3, 0.4) is 0 Å². The summed E-state index contributed by atoms with van der Waals surface area (Å²) >= 11 is 0. The molecule has 1 saturated heterocycles. The number of aryl methyl sites for hydroxylation is 1. The molecule has 23 heavy (non-hydrogen) atoms. The van der Waals surface area contributed by atoms with Crippen LogP contribution in [0.4, 0.5) is 5.88 Å². The Morgan fingerprint density at radius 1 is 1.17 bits per heavy atom. The standard InChI is InChI=1S/C18H21NO4/c1-10-5-14(13(4)20)18-15(6-10)16(21)7-17(23-18)19-8-11(2)22-12(3)9-19/h5-7,11-12H,8-9H2,1-4H3/t11-,12+. The molecule has 0 amide bonds. The summed E-state index contributed by atoms with van der Waals surface area (Å²) in [6, 6.07) is 5.04. The highest BCUT2D eigenvalue weighted by Gasteiger charge is 2.25. The van der Waals surface area contributed by atoms with Crippen LogP contribution < -0.4 is 10.3 Å². The van der Waals surface area contributed by atoms with Crippen molar-refractivity contribution in [1.82, 2.24) is 0 Å². The van der Waals surface area contributed by atoms with E-state index in [2.05, 4.69) is 0 Å². The molecule has 1 fully saturated rings. The summed E-state index contributed by atoms with van der Waals surface area (Å²) in [5.41, 5.74) is 1.57. The lowest BCUT2D eigenvalue weighted by Crippen LogP contribution is -2.45. The first kappa shape index (κ1) is 15.7. The van der Waals surface area contributed by atoms with Crippen molar-refractivity contribution in [3.63, 3.8) is 0 Å². The largest absolute Gasteiger partial charge is 0.440 e. The summed E-state index contributed by atoms with van der Waals surface area (Å²) in [4.78, 5) is 26.4. The smallest absolute Gasteiger partial charge is 0.200 e. The second-order valence-electron chi connectivity index (χ2n) is 6.36. The fourth-order valence-corrected chi connectivity index (χ4v) is 3.17. The molecule has 0 aliphatic carbocycles. The van der Waals surface area contributed by atoms with Gasteiger partial charge in [0, 0.05) is 19.2 Å². The molecule has 2 aromatic rings. The molecule has 1 aromatic heterocycles. The van der Waals surface area contributed by atoms with Gasteiger partial charge in [-0.3, -0.25) is 9.59 Å². The third-order valence-electron chi connectivity index (χ3n) is 4.07. The second-order valence-corrected chi connectivity index (χ2v) is 6.36. The van der Waals surface area contributed by atoms with Gasteiger partial charge in [-0.05, 0) is 45.4 Å². The number of Topliss-reactive ketones (excluding diaryl/α,β-unsaturated/α-hetero) is 1. The Labute approximate surface area is 134 Å². The highest BCUT2D eigenvalue weighted by Crippen LogP contribution is 2.26. The number of rotatable bonds is 2. The second kappa shape index (κ2) is 5.81. The van der Waals surface area contributed by atoms with Gasteiger partial charge in [-0.15, -0.1) is 0 Å². The lowest BCUT2D eigenvalue weighted by atomic mass is 10.0. The summed E-state index contributed by atoms with van der Waals surface area (Å²) in [7, 11) is 0. The van der Waals surface area contributed by atoms with Crippen LogP contribution in [-0.2, 0) is 4.74 Å². The van der Waals surface area contributed by atoms with Gasteiger partial charge >= 0.3 is 0 Å². The Kier molecular flexibility index (Phi) is 3.98. The molecule has 3 rings (SSSR count). The van der Waals surface area contributed by atoms with Gasteiger partial charge in [0.25, 0.3) is 0 Å². The Morgan fingerprint density at radius 2 is 1.83 bits per heavy atom. The van der Waals surface area contributed by atoms with Crippen LogP contribution >= 0.6 is 0 Å². The van der Waals surface area contributed by atoms with Crippen molar-refractivity contribution in [2.75, 3.05) is 18.0 Å². The van der Waals surface area contributed by atoms with E-state index in [0.29, 0.717) is 35.5 Å². The van der Waals surface area contributed by atoms with E-state index in [1.807, 2.05) is 25.7 Å². The van der Waals surface area contributed by atoms with E-state index in [4.69, 9.17) is 9.15 Å². The average Bonchev–Trinajstić information content (AvgIpc) is 2.46. The maximum absolute atomic E-state index is 12.5. The molecular weight excluding hydrogens is 294 g/mol. The molecule has 0 N–H and O–H groups in total. The highest BCUT2D eigenvalue weighted by atomic mass is 16.5. The Hall–Kier alpha value is -2.14. The first-order valence-corrected chi connectivity index (χ1v) is 7.85.